The van der Waals surface area contributed by atoms with E-state index in [-0.39, 0.29) is 24.1 Å². The molecule has 1 aromatic rings. The van der Waals surface area contributed by atoms with Gasteiger partial charge in [-0.2, -0.15) is 0 Å². The summed E-state index contributed by atoms with van der Waals surface area (Å²) in [6, 6.07) is 5.45. The first kappa shape index (κ1) is 18.8. The van der Waals surface area contributed by atoms with Gasteiger partial charge in [0.1, 0.15) is 6.04 Å². The van der Waals surface area contributed by atoms with Gasteiger partial charge in [0.25, 0.3) is 5.91 Å². The largest absolute Gasteiger partial charge is 0.322 e. The summed E-state index contributed by atoms with van der Waals surface area (Å²) >= 11 is 0. The van der Waals surface area contributed by atoms with Gasteiger partial charge in [-0.15, -0.1) is 0 Å². The summed E-state index contributed by atoms with van der Waals surface area (Å²) in [4.78, 5) is 38.0. The normalized spacial score (nSPS) is 30.8. The number of amides is 3. The molecule has 6 rings (SSSR count). The van der Waals surface area contributed by atoms with Crippen LogP contribution in [0.15, 0.2) is 18.2 Å². The van der Waals surface area contributed by atoms with Gasteiger partial charge in [0.05, 0.1) is 0 Å². The Bertz CT molecular complexity index is 856. The molecule has 3 saturated heterocycles. The van der Waals surface area contributed by atoms with Crippen molar-refractivity contribution < 1.29 is 14.4 Å². The first-order valence-electron chi connectivity index (χ1n) is 10.8. The molecule has 0 radical (unpaired) electrons. The van der Waals surface area contributed by atoms with Crippen LogP contribution in [0.2, 0.25) is 0 Å². The van der Waals surface area contributed by atoms with Gasteiger partial charge in [0.2, 0.25) is 11.8 Å². The third-order valence-corrected chi connectivity index (χ3v) is 7.11. The first-order chi connectivity index (χ1) is 14.0. The molecule has 2 bridgehead atoms. The van der Waals surface area contributed by atoms with Crippen molar-refractivity contribution in [3.05, 3.63) is 34.9 Å². The van der Waals surface area contributed by atoms with Crippen molar-refractivity contribution in [1.29, 1.82) is 0 Å². The molecule has 3 amide bonds. The number of rotatable bonds is 6. The summed E-state index contributed by atoms with van der Waals surface area (Å²) in [5.74, 6) is 0.204. The van der Waals surface area contributed by atoms with Gasteiger partial charge >= 0.3 is 0 Å². The van der Waals surface area contributed by atoms with Crippen molar-refractivity contribution in [1.82, 2.24) is 20.9 Å². The van der Waals surface area contributed by atoms with Crippen LogP contribution in [0.4, 0.5) is 0 Å². The number of hydrogen-bond donors (Lipinski definition) is 3. The Morgan fingerprint density at radius 1 is 1.17 bits per heavy atom. The molecule has 3 N–H and O–H groups in total. The Balaban J connectivity index is 1.17. The molecule has 1 saturated carbocycles. The van der Waals surface area contributed by atoms with Gasteiger partial charge < -0.3 is 15.5 Å². The van der Waals surface area contributed by atoms with Crippen molar-refractivity contribution in [3.8, 4) is 0 Å². The van der Waals surface area contributed by atoms with Crippen molar-refractivity contribution in [2.24, 2.45) is 5.92 Å². The Morgan fingerprint density at radius 2 is 2.03 bits per heavy atom. The fourth-order valence-corrected chi connectivity index (χ4v) is 5.50. The minimum Gasteiger partial charge on any atom is -0.322 e. The molecule has 0 aromatic heterocycles. The van der Waals surface area contributed by atoms with Crippen LogP contribution in [0.25, 0.3) is 0 Å². The van der Waals surface area contributed by atoms with E-state index in [0.29, 0.717) is 24.1 Å². The number of imide groups is 1. The number of carbonyl (C=O) groups is 3. The smallest absolute Gasteiger partial charge is 0.255 e. The summed E-state index contributed by atoms with van der Waals surface area (Å²) < 4.78 is 0. The summed E-state index contributed by atoms with van der Waals surface area (Å²) in [5, 5.41) is 9.57. The van der Waals surface area contributed by atoms with E-state index >= 15 is 0 Å². The van der Waals surface area contributed by atoms with Gasteiger partial charge in [-0.25, -0.2) is 0 Å². The maximum Gasteiger partial charge on any atom is 0.255 e. The number of fused-ring (bicyclic) bond motifs is 3. The van der Waals surface area contributed by atoms with E-state index < -0.39 is 6.04 Å². The lowest BCUT2D eigenvalue weighted by molar-refractivity contribution is -0.136. The van der Waals surface area contributed by atoms with Crippen LogP contribution in [0, 0.1) is 5.92 Å². The molecule has 154 valence electrons. The van der Waals surface area contributed by atoms with E-state index in [0.717, 1.165) is 43.1 Å². The molecule has 4 heterocycles. The molecule has 1 aliphatic carbocycles. The SMILES string of the molecule is O=C1CCC(N2Cc3ccc(CNCCC45CC(CCN4)C5)cc3C2=O)C(=O)N1. The molecular weight excluding hydrogens is 368 g/mol. The molecule has 7 nitrogen and oxygen atoms in total. The highest BCUT2D eigenvalue weighted by Gasteiger charge is 2.46. The molecule has 1 atom stereocenters. The average molecular weight is 396 g/mol. The Labute approximate surface area is 170 Å². The van der Waals surface area contributed by atoms with E-state index in [9.17, 15) is 14.4 Å². The van der Waals surface area contributed by atoms with Gasteiger partial charge in [0, 0.05) is 30.6 Å². The highest BCUT2D eigenvalue weighted by atomic mass is 16.2. The minimum absolute atomic E-state index is 0.109. The van der Waals surface area contributed by atoms with E-state index in [1.807, 2.05) is 12.1 Å². The second-order valence-corrected chi connectivity index (χ2v) is 9.09. The van der Waals surface area contributed by atoms with Crippen LogP contribution >= 0.6 is 0 Å². The second-order valence-electron chi connectivity index (χ2n) is 9.09. The fourth-order valence-electron chi connectivity index (χ4n) is 5.50. The van der Waals surface area contributed by atoms with Crippen LogP contribution in [-0.2, 0) is 22.7 Å². The number of nitrogens with zero attached hydrogens (tertiary/aromatic N) is 1. The minimum atomic E-state index is -0.553. The van der Waals surface area contributed by atoms with Crippen LogP contribution in [0.1, 0.15) is 60.0 Å². The average Bonchev–Trinajstić information content (AvgIpc) is 3.01. The summed E-state index contributed by atoms with van der Waals surface area (Å²) in [6.45, 7) is 3.29. The zero-order valence-electron chi connectivity index (χ0n) is 16.6. The topological polar surface area (TPSA) is 90.5 Å². The van der Waals surface area contributed by atoms with E-state index in [2.05, 4.69) is 22.0 Å². The van der Waals surface area contributed by atoms with Gasteiger partial charge in [-0.1, -0.05) is 12.1 Å². The van der Waals surface area contributed by atoms with E-state index in [1.54, 1.807) is 4.90 Å². The van der Waals surface area contributed by atoms with Crippen molar-refractivity contribution in [3.63, 3.8) is 0 Å². The Hall–Kier alpha value is -2.25. The van der Waals surface area contributed by atoms with E-state index in [4.69, 9.17) is 0 Å². The molecule has 1 unspecified atom stereocenters. The second kappa shape index (κ2) is 7.22. The first-order valence-corrected chi connectivity index (χ1v) is 10.8. The predicted octanol–water partition coefficient (Wildman–Crippen LogP) is 1.07. The maximum absolute atomic E-state index is 12.9. The lowest BCUT2D eigenvalue weighted by Gasteiger charge is -2.53. The zero-order valence-corrected chi connectivity index (χ0v) is 16.6. The van der Waals surface area contributed by atoms with Crippen LogP contribution in [0.3, 0.4) is 0 Å². The molecule has 7 heteroatoms. The van der Waals surface area contributed by atoms with Gasteiger partial charge in [-0.05, 0) is 68.3 Å². The van der Waals surface area contributed by atoms with Crippen LogP contribution in [-0.4, -0.2) is 47.3 Å². The summed E-state index contributed by atoms with van der Waals surface area (Å²) in [7, 11) is 0. The lowest BCUT2D eigenvalue weighted by atomic mass is 9.62. The Kier molecular flexibility index (Phi) is 4.67. The maximum atomic E-state index is 12.9. The van der Waals surface area contributed by atoms with Gasteiger partial charge in [-0.3, -0.25) is 19.7 Å². The predicted molar refractivity (Wildman–Crippen MR) is 107 cm³/mol. The van der Waals surface area contributed by atoms with Crippen molar-refractivity contribution >= 4 is 17.7 Å². The molecular formula is C22H28N4O3. The van der Waals surface area contributed by atoms with E-state index in [1.165, 1.54) is 19.3 Å². The number of carbonyl (C=O) groups excluding carboxylic acids is 3. The lowest BCUT2D eigenvalue weighted by Crippen LogP contribution is -2.61. The number of piperidine rings is 3. The zero-order chi connectivity index (χ0) is 20.0. The van der Waals surface area contributed by atoms with Crippen LogP contribution in [0.5, 0.6) is 0 Å². The number of benzene rings is 1. The van der Waals surface area contributed by atoms with Crippen LogP contribution < -0.4 is 16.0 Å². The number of hydrogen-bond acceptors (Lipinski definition) is 5. The molecule has 4 aliphatic heterocycles. The molecule has 4 fully saturated rings. The molecule has 1 aromatic carbocycles. The molecule has 0 spiro atoms. The molecule has 29 heavy (non-hydrogen) atoms. The van der Waals surface area contributed by atoms with Gasteiger partial charge in [0.15, 0.2) is 0 Å². The highest BCUT2D eigenvalue weighted by Crippen LogP contribution is 2.45. The third kappa shape index (κ3) is 3.46. The summed E-state index contributed by atoms with van der Waals surface area (Å²) in [6.07, 6.45) is 5.79. The Morgan fingerprint density at radius 3 is 2.79 bits per heavy atom. The van der Waals surface area contributed by atoms with Crippen molar-refractivity contribution in [2.45, 2.75) is 63.2 Å². The molecule has 5 aliphatic rings. The standard InChI is InChI=1S/C22H28N4O3/c27-19-4-3-18(20(28)25-19)26-13-16-2-1-14(9-17(16)21(26)29)12-23-8-6-22-10-15(11-22)5-7-24-22/h1-2,9,15,18,23-24H,3-8,10-13H2,(H,25,27,28). The van der Waals surface area contributed by atoms with Crippen molar-refractivity contribution in [2.75, 3.05) is 13.1 Å². The number of nitrogens with one attached hydrogen (secondary N) is 3. The third-order valence-electron chi connectivity index (χ3n) is 7.11. The highest BCUT2D eigenvalue weighted by molar-refractivity contribution is 6.05. The summed E-state index contributed by atoms with van der Waals surface area (Å²) in [5.41, 5.74) is 3.09. The fraction of sp³-hybridized carbons (Fsp3) is 0.591. The monoisotopic (exact) mass is 396 g/mol. The quantitative estimate of drug-likeness (QED) is 0.494.